The third-order valence-corrected chi connectivity index (χ3v) is 1.81. The van der Waals surface area contributed by atoms with E-state index in [-0.39, 0.29) is 6.04 Å². The fourth-order valence-corrected chi connectivity index (χ4v) is 1.25. The summed E-state index contributed by atoms with van der Waals surface area (Å²) < 4.78 is 0. The third-order valence-electron chi connectivity index (χ3n) is 1.81. The lowest BCUT2D eigenvalue weighted by atomic mass is 10.3. The molecule has 0 saturated carbocycles. The van der Waals surface area contributed by atoms with Crippen LogP contribution in [0.2, 0.25) is 0 Å². The van der Waals surface area contributed by atoms with Crippen LogP contribution in [0.1, 0.15) is 6.42 Å². The number of nitrogens with zero attached hydrogens (tertiary/aromatic N) is 1. The Labute approximate surface area is 69.3 Å². The van der Waals surface area contributed by atoms with Crippen molar-refractivity contribution in [1.82, 2.24) is 10.2 Å². The molecular formula is C6H11N3O3. The molecule has 0 aromatic carbocycles. The molecule has 1 aliphatic rings. The molecule has 6 heteroatoms. The fraction of sp³-hybridized carbons (Fsp3) is 0.667. The van der Waals surface area contributed by atoms with Gasteiger partial charge in [0.25, 0.3) is 0 Å². The van der Waals surface area contributed by atoms with E-state index in [1.807, 2.05) is 0 Å². The monoisotopic (exact) mass is 173 g/mol. The van der Waals surface area contributed by atoms with Gasteiger partial charge in [-0.3, -0.25) is 0 Å². The molecule has 1 atom stereocenters. The molecule has 0 bridgehead atoms. The van der Waals surface area contributed by atoms with Crippen LogP contribution in [-0.2, 0) is 0 Å². The van der Waals surface area contributed by atoms with Crippen molar-refractivity contribution in [3.63, 3.8) is 0 Å². The predicted molar refractivity (Wildman–Crippen MR) is 40.7 cm³/mol. The molecule has 0 aromatic heterocycles. The first-order chi connectivity index (χ1) is 5.59. The summed E-state index contributed by atoms with van der Waals surface area (Å²) in [4.78, 5) is 22.0. The molecule has 0 aromatic rings. The number of nitrogens with one attached hydrogen (secondary N) is 1. The van der Waals surface area contributed by atoms with Gasteiger partial charge >= 0.3 is 12.1 Å². The summed E-state index contributed by atoms with van der Waals surface area (Å²) in [6.45, 7) is 0.790. The van der Waals surface area contributed by atoms with Gasteiger partial charge in [0.15, 0.2) is 0 Å². The second kappa shape index (κ2) is 3.29. The van der Waals surface area contributed by atoms with E-state index in [1.165, 1.54) is 4.90 Å². The second-order valence-electron chi connectivity index (χ2n) is 2.72. The zero-order valence-corrected chi connectivity index (χ0v) is 6.49. The first-order valence-electron chi connectivity index (χ1n) is 3.63. The Balaban J connectivity index is 2.35. The fourth-order valence-electron chi connectivity index (χ4n) is 1.25. The number of primary amides is 1. The SMILES string of the molecule is NC(=O)NC1CCN(C(=O)O)C1. The summed E-state index contributed by atoms with van der Waals surface area (Å²) in [6, 6.07) is -0.731. The van der Waals surface area contributed by atoms with Crippen LogP contribution in [0, 0.1) is 0 Å². The van der Waals surface area contributed by atoms with Crippen LogP contribution >= 0.6 is 0 Å². The molecular weight excluding hydrogens is 162 g/mol. The van der Waals surface area contributed by atoms with Gasteiger partial charge < -0.3 is 21.1 Å². The van der Waals surface area contributed by atoms with Crippen LogP contribution in [0.3, 0.4) is 0 Å². The zero-order valence-electron chi connectivity index (χ0n) is 6.49. The highest BCUT2D eigenvalue weighted by Gasteiger charge is 2.26. The summed E-state index contributed by atoms with van der Waals surface area (Å²) in [5.74, 6) is 0. The molecule has 1 rings (SSSR count). The predicted octanol–water partition coefficient (Wildman–Crippen LogP) is -0.593. The maximum Gasteiger partial charge on any atom is 0.407 e. The Morgan fingerprint density at radius 2 is 2.25 bits per heavy atom. The van der Waals surface area contributed by atoms with E-state index >= 15 is 0 Å². The Kier molecular flexibility index (Phi) is 2.37. The molecule has 0 radical (unpaired) electrons. The van der Waals surface area contributed by atoms with Crippen LogP contribution in [0.4, 0.5) is 9.59 Å². The number of urea groups is 1. The van der Waals surface area contributed by atoms with Crippen molar-refractivity contribution in [1.29, 1.82) is 0 Å². The lowest BCUT2D eigenvalue weighted by Gasteiger charge is -2.11. The molecule has 0 spiro atoms. The van der Waals surface area contributed by atoms with Gasteiger partial charge in [0.2, 0.25) is 0 Å². The highest BCUT2D eigenvalue weighted by Crippen LogP contribution is 2.08. The second-order valence-corrected chi connectivity index (χ2v) is 2.72. The van der Waals surface area contributed by atoms with Gasteiger partial charge in [0.05, 0.1) is 0 Å². The van der Waals surface area contributed by atoms with Crippen LogP contribution in [0.5, 0.6) is 0 Å². The highest BCUT2D eigenvalue weighted by molar-refractivity contribution is 5.72. The number of nitrogens with two attached hydrogens (primary N) is 1. The molecule has 4 N–H and O–H groups in total. The van der Waals surface area contributed by atoms with Gasteiger partial charge in [0, 0.05) is 19.1 Å². The highest BCUT2D eigenvalue weighted by atomic mass is 16.4. The standard InChI is InChI=1S/C6H11N3O3/c7-5(10)8-4-1-2-9(3-4)6(11)12/h4H,1-3H2,(H,11,12)(H3,7,8,10). The van der Waals surface area contributed by atoms with Gasteiger partial charge in [-0.1, -0.05) is 0 Å². The number of carbonyl (C=O) groups excluding carboxylic acids is 1. The topological polar surface area (TPSA) is 95.7 Å². The number of hydrogen-bond acceptors (Lipinski definition) is 2. The minimum Gasteiger partial charge on any atom is -0.465 e. The van der Waals surface area contributed by atoms with Crippen molar-refractivity contribution in [3.05, 3.63) is 0 Å². The number of likely N-dealkylation sites (tertiary alicyclic amines) is 1. The van der Waals surface area contributed by atoms with Gasteiger partial charge in [-0.25, -0.2) is 9.59 Å². The van der Waals surface area contributed by atoms with E-state index in [0.29, 0.717) is 19.5 Å². The van der Waals surface area contributed by atoms with Crippen molar-refractivity contribution in [2.24, 2.45) is 5.73 Å². The number of rotatable bonds is 1. The van der Waals surface area contributed by atoms with Gasteiger partial charge in [0.1, 0.15) is 0 Å². The Hall–Kier alpha value is -1.46. The Bertz CT molecular complexity index is 206. The van der Waals surface area contributed by atoms with E-state index in [4.69, 9.17) is 10.8 Å². The lowest BCUT2D eigenvalue weighted by Crippen LogP contribution is -2.40. The summed E-state index contributed by atoms with van der Waals surface area (Å²) in [7, 11) is 0. The van der Waals surface area contributed by atoms with E-state index in [9.17, 15) is 9.59 Å². The van der Waals surface area contributed by atoms with Crippen molar-refractivity contribution in [2.75, 3.05) is 13.1 Å². The molecule has 1 saturated heterocycles. The van der Waals surface area contributed by atoms with Crippen LogP contribution < -0.4 is 11.1 Å². The van der Waals surface area contributed by atoms with E-state index < -0.39 is 12.1 Å². The third kappa shape index (κ3) is 2.01. The van der Waals surface area contributed by atoms with E-state index in [0.717, 1.165) is 0 Å². The maximum absolute atomic E-state index is 10.4. The summed E-state index contributed by atoms with van der Waals surface area (Å²) in [5, 5.41) is 11.0. The van der Waals surface area contributed by atoms with Crippen LogP contribution in [0.25, 0.3) is 0 Å². The largest absolute Gasteiger partial charge is 0.465 e. The van der Waals surface area contributed by atoms with E-state index in [1.54, 1.807) is 0 Å². The number of amides is 3. The Morgan fingerprint density at radius 1 is 1.58 bits per heavy atom. The van der Waals surface area contributed by atoms with Crippen LogP contribution in [-0.4, -0.2) is 41.3 Å². The average molecular weight is 173 g/mol. The number of carbonyl (C=O) groups is 2. The molecule has 68 valence electrons. The summed E-state index contributed by atoms with van der Waals surface area (Å²) in [5.41, 5.74) is 4.88. The Morgan fingerprint density at radius 3 is 2.67 bits per heavy atom. The van der Waals surface area contributed by atoms with Crippen molar-refractivity contribution >= 4 is 12.1 Å². The molecule has 12 heavy (non-hydrogen) atoms. The molecule has 3 amide bonds. The summed E-state index contributed by atoms with van der Waals surface area (Å²) >= 11 is 0. The van der Waals surface area contributed by atoms with Crippen molar-refractivity contribution in [3.8, 4) is 0 Å². The summed E-state index contributed by atoms with van der Waals surface area (Å²) in [6.07, 6.45) is -0.321. The molecule has 1 aliphatic heterocycles. The van der Waals surface area contributed by atoms with Gasteiger partial charge in [-0.05, 0) is 6.42 Å². The number of carboxylic acid groups (broad SMARTS) is 1. The molecule has 1 unspecified atom stereocenters. The van der Waals surface area contributed by atoms with Crippen LogP contribution in [0.15, 0.2) is 0 Å². The van der Waals surface area contributed by atoms with Gasteiger partial charge in [-0.15, -0.1) is 0 Å². The molecule has 1 heterocycles. The number of hydrogen-bond donors (Lipinski definition) is 3. The normalized spacial score (nSPS) is 22.3. The lowest BCUT2D eigenvalue weighted by molar-refractivity contribution is 0.154. The van der Waals surface area contributed by atoms with Crippen molar-refractivity contribution < 1.29 is 14.7 Å². The average Bonchev–Trinajstić information content (AvgIpc) is 2.34. The van der Waals surface area contributed by atoms with Gasteiger partial charge in [-0.2, -0.15) is 0 Å². The molecule has 0 aliphatic carbocycles. The van der Waals surface area contributed by atoms with E-state index in [2.05, 4.69) is 5.32 Å². The first kappa shape index (κ1) is 8.63. The molecule has 1 fully saturated rings. The molecule has 6 nitrogen and oxygen atoms in total. The quantitative estimate of drug-likeness (QED) is 0.494. The first-order valence-corrected chi connectivity index (χ1v) is 3.63. The zero-order chi connectivity index (χ0) is 9.14. The van der Waals surface area contributed by atoms with Crippen molar-refractivity contribution in [2.45, 2.75) is 12.5 Å². The minimum atomic E-state index is -0.955. The maximum atomic E-state index is 10.4. The minimum absolute atomic E-state index is 0.126. The smallest absolute Gasteiger partial charge is 0.407 e.